The summed E-state index contributed by atoms with van der Waals surface area (Å²) in [4.78, 5) is 11.3. The number of rotatable bonds is 6. The second-order valence-corrected chi connectivity index (χ2v) is 8.54. The van der Waals surface area contributed by atoms with Crippen molar-refractivity contribution in [3.05, 3.63) is 0 Å². The lowest BCUT2D eigenvalue weighted by atomic mass is 10.3. The van der Waals surface area contributed by atoms with Crippen molar-refractivity contribution < 1.29 is 9.22 Å². The van der Waals surface area contributed by atoms with Gasteiger partial charge in [0.15, 0.2) is 0 Å². The van der Waals surface area contributed by atoms with Gasteiger partial charge in [-0.05, 0) is 32.0 Å². The lowest BCUT2D eigenvalue weighted by molar-refractivity contribution is -0.135. The van der Waals surface area contributed by atoms with E-state index in [0.29, 0.717) is 12.3 Å². The molecule has 0 aromatic heterocycles. The molecule has 0 saturated heterocycles. The summed E-state index contributed by atoms with van der Waals surface area (Å²) in [6.07, 6.45) is 2.25. The predicted molar refractivity (Wildman–Crippen MR) is 58.6 cm³/mol. The molecular weight excluding hydrogens is 204 g/mol. The van der Waals surface area contributed by atoms with E-state index in [1.807, 2.05) is 0 Å². The molecule has 0 fully saturated rings. The molecule has 13 heavy (non-hydrogen) atoms. The third-order valence-corrected chi connectivity index (χ3v) is 4.76. The summed E-state index contributed by atoms with van der Waals surface area (Å²) in [5.41, 5.74) is 0. The van der Waals surface area contributed by atoms with Crippen LogP contribution in [-0.4, -0.2) is 20.2 Å². The van der Waals surface area contributed by atoms with Gasteiger partial charge in [0.2, 0.25) is 8.32 Å². The minimum atomic E-state index is -1.68. The molecule has 4 heteroatoms. The Kier molecular flexibility index (Phi) is 6.42. The third kappa shape index (κ3) is 7.08. The Hall–Kier alpha value is -0.0231. The summed E-state index contributed by atoms with van der Waals surface area (Å²) >= 11 is 5.50. The Morgan fingerprint density at radius 3 is 2.46 bits per heavy atom. The van der Waals surface area contributed by atoms with Crippen molar-refractivity contribution in [1.82, 2.24) is 0 Å². The first kappa shape index (κ1) is 13.0. The molecule has 0 spiro atoms. The van der Waals surface area contributed by atoms with Crippen LogP contribution in [0.1, 0.15) is 26.2 Å². The number of unbranched alkanes of at least 4 members (excludes halogenated alkanes) is 1. The Bertz CT molecular complexity index is 160. The fourth-order valence-electron chi connectivity index (χ4n) is 0.795. The summed E-state index contributed by atoms with van der Waals surface area (Å²) in [6, 6.07) is 0.980. The molecule has 0 unspecified atom stereocenters. The van der Waals surface area contributed by atoms with Gasteiger partial charge < -0.3 is 4.43 Å². The third-order valence-electron chi connectivity index (χ3n) is 2.01. The standard InChI is InChI=1S/C9H19ClO2Si/c1-4-13(2,3)12-9(11)7-5-6-8-10/h4-8H2,1-3H3. The van der Waals surface area contributed by atoms with Crippen LogP contribution in [0.5, 0.6) is 0 Å². The van der Waals surface area contributed by atoms with Crippen molar-refractivity contribution in [2.45, 2.75) is 45.3 Å². The lowest BCUT2D eigenvalue weighted by Crippen LogP contribution is -2.32. The molecule has 0 N–H and O–H groups in total. The van der Waals surface area contributed by atoms with Crippen molar-refractivity contribution in [3.8, 4) is 0 Å². The highest BCUT2D eigenvalue weighted by Crippen LogP contribution is 2.12. The van der Waals surface area contributed by atoms with Crippen molar-refractivity contribution in [2.24, 2.45) is 0 Å². The zero-order valence-corrected chi connectivity index (χ0v) is 10.5. The molecule has 0 aliphatic heterocycles. The molecule has 0 rings (SSSR count). The van der Waals surface area contributed by atoms with Gasteiger partial charge in [-0.3, -0.25) is 4.79 Å². The van der Waals surface area contributed by atoms with E-state index in [9.17, 15) is 4.79 Å². The fourth-order valence-corrected chi connectivity index (χ4v) is 1.85. The maximum atomic E-state index is 11.3. The zero-order chi connectivity index (χ0) is 10.3. The van der Waals surface area contributed by atoms with Gasteiger partial charge in [-0.2, -0.15) is 0 Å². The summed E-state index contributed by atoms with van der Waals surface area (Å²) in [7, 11) is -1.68. The minimum absolute atomic E-state index is 0.0522. The molecule has 0 aromatic rings. The van der Waals surface area contributed by atoms with Crippen LogP contribution in [0.4, 0.5) is 0 Å². The van der Waals surface area contributed by atoms with E-state index in [4.69, 9.17) is 16.0 Å². The topological polar surface area (TPSA) is 26.3 Å². The number of hydrogen-bond acceptors (Lipinski definition) is 2. The van der Waals surface area contributed by atoms with Crippen LogP contribution in [-0.2, 0) is 9.22 Å². The first-order chi connectivity index (χ1) is 6.02. The molecule has 0 aliphatic carbocycles. The lowest BCUT2D eigenvalue weighted by Gasteiger charge is -2.20. The molecule has 0 aromatic carbocycles. The van der Waals surface area contributed by atoms with E-state index in [1.165, 1.54) is 0 Å². The van der Waals surface area contributed by atoms with Gasteiger partial charge in [0.1, 0.15) is 0 Å². The largest absolute Gasteiger partial charge is 0.520 e. The zero-order valence-electron chi connectivity index (χ0n) is 8.73. The smallest absolute Gasteiger partial charge is 0.292 e. The van der Waals surface area contributed by atoms with Crippen molar-refractivity contribution in [3.63, 3.8) is 0 Å². The van der Waals surface area contributed by atoms with E-state index in [1.54, 1.807) is 0 Å². The normalized spacial score (nSPS) is 11.4. The number of alkyl halides is 1. The maximum absolute atomic E-state index is 11.3. The van der Waals surface area contributed by atoms with Gasteiger partial charge >= 0.3 is 0 Å². The second kappa shape index (κ2) is 6.43. The van der Waals surface area contributed by atoms with Crippen molar-refractivity contribution in [1.29, 1.82) is 0 Å². The average Bonchev–Trinajstić information content (AvgIpc) is 2.04. The van der Waals surface area contributed by atoms with Gasteiger partial charge in [-0.15, -0.1) is 11.6 Å². The maximum Gasteiger partial charge on any atom is 0.292 e. The Balaban J connectivity index is 3.62. The Labute approximate surface area is 86.7 Å². The quantitative estimate of drug-likeness (QED) is 0.392. The molecule has 0 aliphatic rings. The van der Waals surface area contributed by atoms with E-state index in [-0.39, 0.29) is 5.97 Å². The van der Waals surface area contributed by atoms with Crippen LogP contribution in [0.3, 0.4) is 0 Å². The van der Waals surface area contributed by atoms with Crippen molar-refractivity contribution in [2.75, 3.05) is 5.88 Å². The monoisotopic (exact) mass is 222 g/mol. The van der Waals surface area contributed by atoms with Gasteiger partial charge in [0.05, 0.1) is 0 Å². The van der Waals surface area contributed by atoms with Crippen LogP contribution in [0, 0.1) is 0 Å². The van der Waals surface area contributed by atoms with E-state index in [0.717, 1.165) is 18.9 Å². The first-order valence-corrected chi connectivity index (χ1v) is 8.44. The molecule has 0 heterocycles. The highest BCUT2D eigenvalue weighted by Gasteiger charge is 2.23. The van der Waals surface area contributed by atoms with Crippen LogP contribution in [0.25, 0.3) is 0 Å². The van der Waals surface area contributed by atoms with E-state index in [2.05, 4.69) is 20.0 Å². The molecule has 0 atom stereocenters. The average molecular weight is 223 g/mol. The van der Waals surface area contributed by atoms with Crippen LogP contribution < -0.4 is 0 Å². The molecular formula is C9H19ClO2Si. The number of carbonyl (C=O) groups is 1. The number of halogens is 1. The van der Waals surface area contributed by atoms with Crippen LogP contribution >= 0.6 is 11.6 Å². The summed E-state index contributed by atoms with van der Waals surface area (Å²) < 4.78 is 5.39. The predicted octanol–water partition coefficient (Wildman–Crippen LogP) is 3.16. The van der Waals surface area contributed by atoms with Gasteiger partial charge in [0, 0.05) is 12.3 Å². The Morgan fingerprint density at radius 1 is 1.38 bits per heavy atom. The number of carbonyl (C=O) groups excluding carboxylic acids is 1. The van der Waals surface area contributed by atoms with E-state index >= 15 is 0 Å². The van der Waals surface area contributed by atoms with Crippen molar-refractivity contribution >= 4 is 25.9 Å². The molecule has 0 radical (unpaired) electrons. The molecule has 2 nitrogen and oxygen atoms in total. The van der Waals surface area contributed by atoms with Gasteiger partial charge in [-0.25, -0.2) is 0 Å². The van der Waals surface area contributed by atoms with Gasteiger partial charge in [-0.1, -0.05) is 6.92 Å². The summed E-state index contributed by atoms with van der Waals surface area (Å²) in [5.74, 6) is 0.575. The second-order valence-electron chi connectivity index (χ2n) is 3.73. The number of hydrogen-bond donors (Lipinski definition) is 0. The highest BCUT2D eigenvalue weighted by molar-refractivity contribution is 6.72. The molecule has 0 bridgehead atoms. The first-order valence-electron chi connectivity index (χ1n) is 4.79. The minimum Gasteiger partial charge on any atom is -0.520 e. The van der Waals surface area contributed by atoms with Crippen LogP contribution in [0.2, 0.25) is 19.1 Å². The van der Waals surface area contributed by atoms with Gasteiger partial charge in [0.25, 0.3) is 5.97 Å². The van der Waals surface area contributed by atoms with Crippen LogP contribution in [0.15, 0.2) is 0 Å². The molecule has 78 valence electrons. The fraction of sp³-hybridized carbons (Fsp3) is 0.889. The molecule has 0 saturated carbocycles. The van der Waals surface area contributed by atoms with E-state index < -0.39 is 8.32 Å². The SMILES string of the molecule is CC[Si](C)(C)OC(=O)CCCCCl. The summed E-state index contributed by atoms with van der Waals surface area (Å²) in [6.45, 7) is 6.19. The summed E-state index contributed by atoms with van der Waals surface area (Å²) in [5, 5.41) is 0. The highest BCUT2D eigenvalue weighted by atomic mass is 35.5. The molecule has 0 amide bonds. The Morgan fingerprint density at radius 2 is 2.00 bits per heavy atom.